The number of hydrogen-bond donors (Lipinski definition) is 8. The molecule has 510 valence electrons. The number of aliphatic carboxylic acids is 3. The lowest BCUT2D eigenvalue weighted by Crippen LogP contribution is -2.52. The number of carbonyl (C=O) groups excluding carboxylic acids is 6. The number of benzene rings is 2. The summed E-state index contributed by atoms with van der Waals surface area (Å²) in [4.78, 5) is 128. The number of carboxylic acid groups (broad SMARTS) is 3. The number of nitriles is 1. The van der Waals surface area contributed by atoms with E-state index in [1.807, 2.05) is 24.3 Å². The summed E-state index contributed by atoms with van der Waals surface area (Å²) in [5.74, 6) is -8.31. The summed E-state index contributed by atoms with van der Waals surface area (Å²) in [7, 11) is 0. The number of likely N-dealkylation sites (tertiary alicyclic amines) is 2. The Kier molecular flexibility index (Phi) is 31.5. The topological polar surface area (TPSA) is 357 Å². The van der Waals surface area contributed by atoms with Gasteiger partial charge in [-0.15, -0.1) is 0 Å². The molecule has 6 rings (SSSR count). The van der Waals surface area contributed by atoms with Gasteiger partial charge < -0.3 is 61.0 Å². The van der Waals surface area contributed by atoms with Crippen LogP contribution in [0, 0.1) is 20.8 Å². The maximum atomic E-state index is 13.9. The van der Waals surface area contributed by atoms with E-state index in [-0.39, 0.29) is 128 Å². The van der Waals surface area contributed by atoms with Crippen molar-refractivity contribution in [3.8, 4) is 11.8 Å². The van der Waals surface area contributed by atoms with E-state index in [0.717, 1.165) is 39.7 Å². The van der Waals surface area contributed by atoms with Gasteiger partial charge in [0.25, 0.3) is 17.7 Å². The predicted octanol–water partition coefficient (Wildman–Crippen LogP) is 1.44. The number of aromatic nitrogens is 1. The van der Waals surface area contributed by atoms with Gasteiger partial charge in [0.05, 0.1) is 69.6 Å². The van der Waals surface area contributed by atoms with E-state index in [9.17, 15) is 77.6 Å². The minimum atomic E-state index is -3.19. The number of amides is 6. The number of halogens is 3. The highest BCUT2D eigenvalue weighted by atomic mass is 127. The number of hydrogen-bond acceptors (Lipinski definition) is 19. The van der Waals surface area contributed by atoms with Crippen molar-refractivity contribution in [3.05, 3.63) is 69.4 Å². The van der Waals surface area contributed by atoms with Crippen LogP contribution in [0.2, 0.25) is 0 Å². The average molecular weight is 1440 g/mol. The summed E-state index contributed by atoms with van der Waals surface area (Å²) in [5.41, 5.74) is 1.82. The van der Waals surface area contributed by atoms with Crippen molar-refractivity contribution in [1.82, 2.24) is 55.7 Å². The quantitative estimate of drug-likeness (QED) is 0.0310. The fraction of sp³-hybridized carbons (Fsp3) is 0.597. The number of fused-ring (bicyclic) bond motifs is 1. The summed E-state index contributed by atoms with van der Waals surface area (Å²) in [6.07, 6.45) is 4.13. The molecule has 3 aliphatic heterocycles. The Labute approximate surface area is 556 Å². The van der Waals surface area contributed by atoms with E-state index in [1.165, 1.54) is 24.0 Å². The first kappa shape index (κ1) is 75.1. The van der Waals surface area contributed by atoms with Crippen molar-refractivity contribution in [3.63, 3.8) is 0 Å². The molecule has 0 bridgehead atoms. The lowest BCUT2D eigenvalue weighted by atomic mass is 9.92. The number of thioether (sulfide) groups is 1. The molecule has 3 fully saturated rings. The van der Waals surface area contributed by atoms with E-state index < -0.39 is 91.1 Å². The van der Waals surface area contributed by atoms with Crippen LogP contribution in [0.25, 0.3) is 10.9 Å². The number of nitrogens with zero attached hydrogens (tertiary/aromatic N) is 8. The first-order valence-electron chi connectivity index (χ1n) is 31.2. The van der Waals surface area contributed by atoms with E-state index >= 15 is 0 Å². The molecule has 1 aromatic heterocycles. The van der Waals surface area contributed by atoms with Crippen molar-refractivity contribution in [2.24, 2.45) is 5.92 Å². The molecule has 93 heavy (non-hydrogen) atoms. The van der Waals surface area contributed by atoms with Gasteiger partial charge in [-0.1, -0.05) is 12.1 Å². The number of rotatable bonds is 34. The maximum absolute atomic E-state index is 13.9. The lowest BCUT2D eigenvalue weighted by Gasteiger charge is -2.33. The zero-order valence-corrected chi connectivity index (χ0v) is 55.0. The third-order valence-electron chi connectivity index (χ3n) is 16.1. The van der Waals surface area contributed by atoms with Gasteiger partial charge in [-0.2, -0.15) is 17.0 Å². The molecule has 6 amide bonds. The van der Waals surface area contributed by atoms with E-state index in [4.69, 9.17) is 9.47 Å². The minimum absolute atomic E-state index is 0.0297. The zero-order chi connectivity index (χ0) is 67.3. The van der Waals surface area contributed by atoms with E-state index in [2.05, 4.69) is 48.8 Å². The van der Waals surface area contributed by atoms with E-state index in [0.29, 0.717) is 67.3 Å². The first-order chi connectivity index (χ1) is 44.5. The van der Waals surface area contributed by atoms with Crippen LogP contribution in [0.4, 0.5) is 8.78 Å². The molecular weight excluding hydrogens is 1350 g/mol. The summed E-state index contributed by atoms with van der Waals surface area (Å²) < 4.78 is 40.8. The zero-order valence-electron chi connectivity index (χ0n) is 52.0. The van der Waals surface area contributed by atoms with E-state index in [1.54, 1.807) is 48.8 Å². The Hall–Kier alpha value is -6.93. The fourth-order valence-electron chi connectivity index (χ4n) is 11.1. The van der Waals surface area contributed by atoms with Gasteiger partial charge in [0.2, 0.25) is 23.6 Å². The number of aliphatic hydroxyl groups excluding tert-OH is 1. The third-order valence-corrected chi connectivity index (χ3v) is 17.8. The second kappa shape index (κ2) is 39.1. The normalized spacial score (nSPS) is 17.9. The molecule has 8 N–H and O–H groups in total. The molecule has 0 saturated carbocycles. The number of ether oxygens (including phenoxy) is 2. The number of pyridine rings is 1. The molecule has 3 saturated heterocycles. The number of alkyl halides is 2. The van der Waals surface area contributed by atoms with Crippen LogP contribution in [-0.4, -0.2) is 281 Å². The second-order valence-corrected chi connectivity index (χ2v) is 25.6. The highest BCUT2D eigenvalue weighted by molar-refractivity contribution is 14.1. The van der Waals surface area contributed by atoms with Gasteiger partial charge >= 0.3 is 17.9 Å². The standard InChI is InChI=1S/C62H85F2IN12O15S/c63-62(64)34-46(35-66)77(42-62)55(81)36-70-59(88)48-12-16-67-50-11-10-47(33-49(48)50)92-29-2-4-44-13-19-76(20-14-44)61(90)52(78)41-93-32-18-69-60(89)51(15-30-91-31-17-68-53(79)5-1-3-43-6-8-45(65)9-7-43)71-54(80)37-72-21-23-73(38-56(82)83)25-27-75(40-58(86)87)28-26-74(24-22-72)39-57(84)85/h6-12,16,33,44,46,51-52,78H,1-5,13-15,17-32,34,36-42H2,(H,68,79)(H,69,89)(H,70,88)(H,71,80)(H,82,83)(H,84,85)(H,86,87)/t46-,51?,52-/m1/s1. The van der Waals surface area contributed by atoms with Crippen molar-refractivity contribution < 1.29 is 81.8 Å². The maximum Gasteiger partial charge on any atom is 0.317 e. The summed E-state index contributed by atoms with van der Waals surface area (Å²) in [6.45, 7) is 0.586. The lowest BCUT2D eigenvalue weighted by molar-refractivity contribution is -0.140. The smallest absolute Gasteiger partial charge is 0.317 e. The molecule has 1 unspecified atom stereocenters. The minimum Gasteiger partial charge on any atom is -0.494 e. The Morgan fingerprint density at radius 2 is 1.38 bits per heavy atom. The van der Waals surface area contributed by atoms with Crippen molar-refractivity contribution in [2.45, 2.75) is 81.9 Å². The monoisotopic (exact) mass is 1430 g/mol. The number of aliphatic hydroxyl groups is 1. The van der Waals surface area contributed by atoms with Crippen LogP contribution < -0.4 is 26.0 Å². The second-order valence-electron chi connectivity index (χ2n) is 23.2. The SMILES string of the molecule is N#C[C@H]1CC(F)(F)CN1C(=O)CNC(=O)c1ccnc2ccc(OCCCC3CCN(C(=O)[C@H](O)CSCCNC(=O)C(CCOCCNC(=O)CCCc4ccc(I)cc4)NC(=O)CN4CCN(CC(=O)O)CCN(CC(=O)O)CCN(CC(=O)O)CC4)CC3)cc12. The highest BCUT2D eigenvalue weighted by Crippen LogP contribution is 2.32. The highest BCUT2D eigenvalue weighted by Gasteiger charge is 2.47. The van der Waals surface area contributed by atoms with Crippen molar-refractivity contribution in [2.75, 3.05) is 149 Å². The molecule has 0 spiro atoms. The average Bonchev–Trinajstić information content (AvgIpc) is 1.86. The first-order valence-corrected chi connectivity index (χ1v) is 33.4. The van der Waals surface area contributed by atoms with Crippen LogP contribution >= 0.6 is 34.4 Å². The number of piperidine rings is 1. The van der Waals surface area contributed by atoms with Crippen LogP contribution in [0.1, 0.15) is 67.3 Å². The fourth-order valence-corrected chi connectivity index (χ4v) is 12.2. The molecule has 0 radical (unpaired) electrons. The molecular formula is C62H85F2IN12O15S. The van der Waals surface area contributed by atoms with Crippen LogP contribution in [0.5, 0.6) is 5.75 Å². The Bertz CT molecular complexity index is 3010. The molecule has 3 atom stereocenters. The van der Waals surface area contributed by atoms with Gasteiger partial charge in [0, 0.05) is 125 Å². The third kappa shape index (κ3) is 27.1. The number of carbonyl (C=O) groups is 9. The van der Waals surface area contributed by atoms with Gasteiger partial charge in [-0.05, 0) is 115 Å². The number of aryl methyl sites for hydroxylation is 1. The van der Waals surface area contributed by atoms with Gasteiger partial charge in [0.15, 0.2) is 0 Å². The number of carboxylic acids is 3. The Morgan fingerprint density at radius 1 is 0.753 bits per heavy atom. The Morgan fingerprint density at radius 3 is 1.99 bits per heavy atom. The van der Waals surface area contributed by atoms with Gasteiger partial charge in [-0.3, -0.25) is 67.7 Å². The summed E-state index contributed by atoms with van der Waals surface area (Å²) in [6, 6.07) is 14.0. The van der Waals surface area contributed by atoms with Gasteiger partial charge in [0.1, 0.15) is 23.9 Å². The molecule has 31 heteroatoms. The molecule has 0 aliphatic carbocycles. The molecule has 4 heterocycles. The van der Waals surface area contributed by atoms with Crippen LogP contribution in [0.15, 0.2) is 54.7 Å². The van der Waals surface area contributed by atoms with Crippen LogP contribution in [0.3, 0.4) is 0 Å². The van der Waals surface area contributed by atoms with Crippen molar-refractivity contribution >= 4 is 98.6 Å². The summed E-state index contributed by atoms with van der Waals surface area (Å²) >= 11 is 3.50. The largest absolute Gasteiger partial charge is 0.494 e. The molecule has 27 nitrogen and oxygen atoms in total. The molecule has 2 aromatic carbocycles. The van der Waals surface area contributed by atoms with Crippen molar-refractivity contribution in [1.29, 1.82) is 5.26 Å². The Balaban J connectivity index is 0.932. The predicted molar refractivity (Wildman–Crippen MR) is 346 cm³/mol. The number of nitrogens with one attached hydrogen (secondary N) is 4. The molecule has 3 aromatic rings. The molecule has 3 aliphatic rings. The summed E-state index contributed by atoms with van der Waals surface area (Å²) in [5, 5.41) is 60.4. The van der Waals surface area contributed by atoms with Gasteiger partial charge in [-0.25, -0.2) is 8.78 Å². The van der Waals surface area contributed by atoms with Crippen LogP contribution in [-0.2, 0) is 49.5 Å².